The maximum Gasteiger partial charge on any atom is 0.237 e. The first-order valence-corrected chi connectivity index (χ1v) is 3.57. The lowest BCUT2D eigenvalue weighted by Crippen LogP contribution is -2.58. The lowest BCUT2D eigenvalue weighted by Gasteiger charge is -2.31. The molecule has 2 heterocycles. The van der Waals surface area contributed by atoms with Crippen molar-refractivity contribution < 1.29 is 4.79 Å². The Kier molecular flexibility index (Phi) is 1.24. The number of carbonyl (C=O) groups excluding carboxylic acids is 1. The van der Waals surface area contributed by atoms with Crippen molar-refractivity contribution in [3.05, 3.63) is 12.2 Å². The van der Waals surface area contributed by atoms with Crippen molar-refractivity contribution in [2.24, 2.45) is 0 Å². The number of hydrogen-bond donors (Lipinski definition) is 2. The van der Waals surface area contributed by atoms with E-state index in [1.807, 2.05) is 0 Å². The number of nitrogens with one attached hydrogen (secondary N) is 2. The van der Waals surface area contributed by atoms with E-state index in [-0.39, 0.29) is 11.9 Å². The van der Waals surface area contributed by atoms with Crippen LogP contribution in [0.2, 0.25) is 0 Å². The van der Waals surface area contributed by atoms with Gasteiger partial charge in [0.1, 0.15) is 0 Å². The molecule has 3 heteroatoms. The van der Waals surface area contributed by atoms with Crippen LogP contribution >= 0.6 is 0 Å². The highest BCUT2D eigenvalue weighted by Crippen LogP contribution is 2.07. The Morgan fingerprint density at radius 3 is 3.30 bits per heavy atom. The molecule has 1 fully saturated rings. The zero-order valence-electron chi connectivity index (χ0n) is 5.63. The van der Waals surface area contributed by atoms with E-state index in [0.29, 0.717) is 6.04 Å². The lowest BCUT2D eigenvalue weighted by molar-refractivity contribution is -0.124. The number of rotatable bonds is 0. The molecule has 10 heavy (non-hydrogen) atoms. The van der Waals surface area contributed by atoms with Crippen molar-refractivity contribution >= 4 is 5.91 Å². The van der Waals surface area contributed by atoms with Crippen LogP contribution in [0.25, 0.3) is 0 Å². The van der Waals surface area contributed by atoms with Gasteiger partial charge in [0.25, 0.3) is 0 Å². The third kappa shape index (κ3) is 0.827. The lowest BCUT2D eigenvalue weighted by atomic mass is 10.0. The zero-order chi connectivity index (χ0) is 6.97. The van der Waals surface area contributed by atoms with E-state index in [2.05, 4.69) is 22.8 Å². The molecule has 2 bridgehead atoms. The van der Waals surface area contributed by atoms with Crippen molar-refractivity contribution in [1.29, 1.82) is 0 Å². The smallest absolute Gasteiger partial charge is 0.237 e. The number of piperazine rings is 1. The number of hydrogen-bond acceptors (Lipinski definition) is 2. The van der Waals surface area contributed by atoms with Gasteiger partial charge in [-0.1, -0.05) is 12.2 Å². The third-order valence-corrected chi connectivity index (χ3v) is 1.97. The van der Waals surface area contributed by atoms with Crippen LogP contribution in [-0.2, 0) is 4.79 Å². The second-order valence-electron chi connectivity index (χ2n) is 2.73. The molecule has 2 rings (SSSR count). The van der Waals surface area contributed by atoms with Crippen LogP contribution in [0.4, 0.5) is 0 Å². The Bertz CT molecular complexity index is 188. The SMILES string of the molecule is O=C1NCC2C=CCC1N2. The van der Waals surface area contributed by atoms with Gasteiger partial charge in [0.2, 0.25) is 5.91 Å². The van der Waals surface area contributed by atoms with Crippen LogP contribution in [0.1, 0.15) is 6.42 Å². The summed E-state index contributed by atoms with van der Waals surface area (Å²) in [7, 11) is 0. The van der Waals surface area contributed by atoms with Gasteiger partial charge >= 0.3 is 0 Å². The third-order valence-electron chi connectivity index (χ3n) is 1.97. The van der Waals surface area contributed by atoms with E-state index in [1.165, 1.54) is 0 Å². The van der Waals surface area contributed by atoms with Gasteiger partial charge in [-0.25, -0.2) is 0 Å². The van der Waals surface area contributed by atoms with Gasteiger partial charge in [-0.3, -0.25) is 10.1 Å². The first-order valence-electron chi connectivity index (χ1n) is 3.57. The summed E-state index contributed by atoms with van der Waals surface area (Å²) < 4.78 is 0. The minimum atomic E-state index is 0.0312. The van der Waals surface area contributed by atoms with Crippen LogP contribution in [0.15, 0.2) is 12.2 Å². The molecule has 1 saturated heterocycles. The molecule has 3 nitrogen and oxygen atoms in total. The fraction of sp³-hybridized carbons (Fsp3) is 0.571. The van der Waals surface area contributed by atoms with Gasteiger partial charge < -0.3 is 5.32 Å². The summed E-state index contributed by atoms with van der Waals surface area (Å²) in [6.45, 7) is 0.742. The molecule has 2 N–H and O–H groups in total. The van der Waals surface area contributed by atoms with Crippen LogP contribution in [0, 0.1) is 0 Å². The Hall–Kier alpha value is -0.830. The van der Waals surface area contributed by atoms with E-state index in [1.54, 1.807) is 0 Å². The average molecular weight is 138 g/mol. The monoisotopic (exact) mass is 138 g/mol. The van der Waals surface area contributed by atoms with Gasteiger partial charge in [-0.2, -0.15) is 0 Å². The Labute approximate surface area is 59.5 Å². The van der Waals surface area contributed by atoms with E-state index < -0.39 is 0 Å². The number of amides is 1. The van der Waals surface area contributed by atoms with E-state index in [0.717, 1.165) is 13.0 Å². The van der Waals surface area contributed by atoms with Crippen LogP contribution < -0.4 is 10.6 Å². The van der Waals surface area contributed by atoms with E-state index in [9.17, 15) is 4.79 Å². The Balaban J connectivity index is 2.18. The summed E-state index contributed by atoms with van der Waals surface area (Å²) in [6, 6.07) is 0.403. The average Bonchev–Trinajstić information content (AvgIpc) is 1.99. The maximum absolute atomic E-state index is 11.0. The van der Waals surface area contributed by atoms with Crippen LogP contribution in [-0.4, -0.2) is 24.5 Å². The normalized spacial score (nSPS) is 37.4. The fourth-order valence-corrected chi connectivity index (χ4v) is 1.40. The summed E-state index contributed by atoms with van der Waals surface area (Å²) in [6.07, 6.45) is 5.02. The van der Waals surface area contributed by atoms with Crippen molar-refractivity contribution in [3.8, 4) is 0 Å². The molecule has 1 amide bonds. The number of carbonyl (C=O) groups is 1. The van der Waals surface area contributed by atoms with Gasteiger partial charge in [-0.05, 0) is 6.42 Å². The van der Waals surface area contributed by atoms with Gasteiger partial charge in [0, 0.05) is 12.6 Å². The predicted molar refractivity (Wildman–Crippen MR) is 37.5 cm³/mol. The molecule has 0 aromatic heterocycles. The summed E-state index contributed by atoms with van der Waals surface area (Å²) >= 11 is 0. The number of fused-ring (bicyclic) bond motifs is 2. The summed E-state index contributed by atoms with van der Waals surface area (Å²) in [5.74, 6) is 0.139. The second kappa shape index (κ2) is 2.09. The van der Waals surface area contributed by atoms with Crippen molar-refractivity contribution in [2.45, 2.75) is 18.5 Å². The van der Waals surface area contributed by atoms with Crippen molar-refractivity contribution in [3.63, 3.8) is 0 Å². The zero-order valence-corrected chi connectivity index (χ0v) is 5.63. The fourth-order valence-electron chi connectivity index (χ4n) is 1.40. The molecule has 0 aromatic carbocycles. The quantitative estimate of drug-likeness (QED) is 0.439. The van der Waals surface area contributed by atoms with Gasteiger partial charge in [-0.15, -0.1) is 0 Å². The Morgan fingerprint density at radius 1 is 1.60 bits per heavy atom. The van der Waals surface area contributed by atoms with E-state index >= 15 is 0 Å². The summed E-state index contributed by atoms with van der Waals surface area (Å²) in [4.78, 5) is 11.0. The molecule has 2 atom stereocenters. The van der Waals surface area contributed by atoms with Crippen molar-refractivity contribution in [2.75, 3.05) is 6.54 Å². The highest BCUT2D eigenvalue weighted by Gasteiger charge is 2.27. The van der Waals surface area contributed by atoms with Gasteiger partial charge in [0.05, 0.1) is 6.04 Å². The van der Waals surface area contributed by atoms with Crippen LogP contribution in [0.5, 0.6) is 0 Å². The summed E-state index contributed by atoms with van der Waals surface area (Å²) in [5.41, 5.74) is 0. The molecule has 0 saturated carbocycles. The van der Waals surface area contributed by atoms with Crippen molar-refractivity contribution in [1.82, 2.24) is 10.6 Å². The predicted octanol–water partition coefficient (Wildman–Crippen LogP) is -0.597. The first-order chi connectivity index (χ1) is 4.86. The molecule has 0 aliphatic carbocycles. The molecule has 2 aliphatic heterocycles. The summed E-state index contributed by atoms with van der Waals surface area (Å²) in [5, 5.41) is 6.04. The van der Waals surface area contributed by atoms with Gasteiger partial charge in [0.15, 0.2) is 0 Å². The topological polar surface area (TPSA) is 41.1 Å². The standard InChI is InChI=1S/C7H10N2O/c10-7-6-3-1-2-5(9-6)4-8-7/h1-2,5-6,9H,3-4H2,(H,8,10). The molecule has 0 aromatic rings. The Morgan fingerprint density at radius 2 is 2.50 bits per heavy atom. The highest BCUT2D eigenvalue weighted by atomic mass is 16.2. The molecular formula is C7H10N2O. The molecule has 54 valence electrons. The molecule has 0 spiro atoms. The molecule has 2 aliphatic rings. The minimum absolute atomic E-state index is 0.0312. The molecule has 2 unspecified atom stereocenters. The van der Waals surface area contributed by atoms with E-state index in [4.69, 9.17) is 0 Å². The highest BCUT2D eigenvalue weighted by molar-refractivity contribution is 5.83. The molecular weight excluding hydrogens is 128 g/mol. The largest absolute Gasteiger partial charge is 0.353 e. The molecule has 0 radical (unpaired) electrons. The first kappa shape index (κ1) is 5.92. The maximum atomic E-state index is 11.0. The second-order valence-corrected chi connectivity index (χ2v) is 2.73. The van der Waals surface area contributed by atoms with Crippen LogP contribution in [0.3, 0.4) is 0 Å². The minimum Gasteiger partial charge on any atom is -0.353 e.